The van der Waals surface area contributed by atoms with Crippen LogP contribution < -0.4 is 4.74 Å². The molecule has 0 spiro atoms. The lowest BCUT2D eigenvalue weighted by atomic mass is 10.1. The van der Waals surface area contributed by atoms with Gasteiger partial charge in [0.1, 0.15) is 25.9 Å². The van der Waals surface area contributed by atoms with Crippen LogP contribution in [0.15, 0.2) is 24.3 Å². The number of benzene rings is 1. The normalized spacial score (nSPS) is 8.81. The Morgan fingerprint density at radius 2 is 1.52 bits per heavy atom. The van der Waals surface area contributed by atoms with Gasteiger partial charge >= 0.3 is 0 Å². The number of unbranched alkanes of at least 4 members (excludes halogenated alkanes) is 2. The van der Waals surface area contributed by atoms with Gasteiger partial charge in [0.2, 0.25) is 0 Å². The summed E-state index contributed by atoms with van der Waals surface area (Å²) >= 11 is 0. The van der Waals surface area contributed by atoms with Gasteiger partial charge in [0.05, 0.1) is 0 Å². The molecular weight excluding hydrogens is 276 g/mol. The average molecular weight is 302 g/mol. The van der Waals surface area contributed by atoms with Crippen LogP contribution in [0.1, 0.15) is 31.7 Å². The first-order valence-corrected chi connectivity index (χ1v) is 6.78. The maximum atomic E-state index is 10.1. The Morgan fingerprint density at radius 1 is 1.00 bits per heavy atom. The molecule has 0 unspecified atom stereocenters. The molecule has 0 amide bonds. The summed E-state index contributed by atoms with van der Waals surface area (Å²) < 4.78 is 5.17. The van der Waals surface area contributed by atoms with Gasteiger partial charge in [-0.3, -0.25) is 4.79 Å². The van der Waals surface area contributed by atoms with E-state index in [1.54, 1.807) is 0 Å². The highest BCUT2D eigenvalue weighted by Gasteiger charge is 1.95. The zero-order valence-electron chi connectivity index (χ0n) is 12.4. The molecule has 0 radical (unpaired) electrons. The fraction of sp³-hybridized carbons (Fsp3) is 0.533. The molecule has 1 aromatic rings. The fourth-order valence-electron chi connectivity index (χ4n) is 1.46. The van der Waals surface area contributed by atoms with E-state index in [1.807, 2.05) is 12.1 Å². The smallest absolute Gasteiger partial charge is 0.157 e. The van der Waals surface area contributed by atoms with E-state index in [2.05, 4.69) is 19.1 Å². The first-order chi connectivity index (χ1) is 10.2. The Kier molecular flexibility index (Phi) is 19.3. The quantitative estimate of drug-likeness (QED) is 0.338. The third-order valence-electron chi connectivity index (χ3n) is 2.31. The van der Waals surface area contributed by atoms with Gasteiger partial charge in [-0.15, -0.1) is 0 Å². The van der Waals surface area contributed by atoms with Crippen molar-refractivity contribution in [3.8, 4) is 5.75 Å². The van der Waals surface area contributed by atoms with Crippen LogP contribution in [-0.4, -0.2) is 46.9 Å². The van der Waals surface area contributed by atoms with Crippen molar-refractivity contribution in [3.63, 3.8) is 0 Å². The number of rotatable bonds is 7. The molecule has 6 heteroatoms. The van der Waals surface area contributed by atoms with E-state index in [0.717, 1.165) is 18.5 Å². The van der Waals surface area contributed by atoms with E-state index in [-0.39, 0.29) is 6.61 Å². The van der Waals surface area contributed by atoms with Crippen LogP contribution in [0.25, 0.3) is 0 Å². The van der Waals surface area contributed by atoms with Gasteiger partial charge in [-0.25, -0.2) is 0 Å². The van der Waals surface area contributed by atoms with Crippen molar-refractivity contribution in [1.29, 1.82) is 0 Å². The number of carbonyl (C=O) groups excluding carboxylic acids is 1. The second-order valence-corrected chi connectivity index (χ2v) is 3.86. The minimum atomic E-state index is -0.750. The summed E-state index contributed by atoms with van der Waals surface area (Å²) in [5.41, 5.74) is 1.34. The predicted octanol–water partition coefficient (Wildman–Crippen LogP) is 0.854. The highest BCUT2D eigenvalue weighted by atomic mass is 16.5. The van der Waals surface area contributed by atoms with E-state index >= 15 is 0 Å². The van der Waals surface area contributed by atoms with Crippen molar-refractivity contribution in [1.82, 2.24) is 0 Å². The first-order valence-electron chi connectivity index (χ1n) is 6.78. The maximum absolute atomic E-state index is 10.1. The summed E-state index contributed by atoms with van der Waals surface area (Å²) in [5, 5.41) is 28.5. The lowest BCUT2D eigenvalue weighted by molar-refractivity contribution is -0.109. The van der Waals surface area contributed by atoms with Crippen molar-refractivity contribution < 1.29 is 30.0 Å². The lowest BCUT2D eigenvalue weighted by Gasteiger charge is -2.04. The molecule has 6 nitrogen and oxygen atoms in total. The third kappa shape index (κ3) is 16.5. The Bertz CT molecular complexity index is 310. The zero-order chi connectivity index (χ0) is 16.3. The SMILES string of the molecule is CCCCCc1ccc(OCC=O)cc1.OCO.OCO. The number of aryl methyl sites for hydroxylation is 1. The molecule has 0 heterocycles. The lowest BCUT2D eigenvalue weighted by Crippen LogP contribution is -1.97. The summed E-state index contributed by atoms with van der Waals surface area (Å²) in [7, 11) is 0. The molecule has 0 aliphatic heterocycles. The van der Waals surface area contributed by atoms with Crippen LogP contribution in [-0.2, 0) is 11.2 Å². The summed E-state index contributed by atoms with van der Waals surface area (Å²) in [6.07, 6.45) is 5.66. The second-order valence-electron chi connectivity index (χ2n) is 3.86. The number of aliphatic hydroxyl groups excluding tert-OH is 2. The number of aliphatic hydroxyl groups is 4. The minimum absolute atomic E-state index is 0.134. The molecule has 122 valence electrons. The van der Waals surface area contributed by atoms with Gasteiger partial charge in [-0.1, -0.05) is 31.9 Å². The molecule has 0 aliphatic carbocycles. The van der Waals surface area contributed by atoms with Crippen molar-refractivity contribution in [2.24, 2.45) is 0 Å². The molecular formula is C15H26O6. The third-order valence-corrected chi connectivity index (χ3v) is 2.31. The summed E-state index contributed by atoms with van der Waals surface area (Å²) in [6.45, 7) is 0.839. The highest BCUT2D eigenvalue weighted by molar-refractivity contribution is 5.51. The topological polar surface area (TPSA) is 107 Å². The molecule has 0 aromatic heterocycles. The average Bonchev–Trinajstić information content (AvgIpc) is 2.48. The van der Waals surface area contributed by atoms with Gasteiger partial charge < -0.3 is 25.2 Å². The minimum Gasteiger partial charge on any atom is -0.486 e. The van der Waals surface area contributed by atoms with E-state index in [0.29, 0.717) is 0 Å². The van der Waals surface area contributed by atoms with Crippen molar-refractivity contribution >= 4 is 6.29 Å². The molecule has 0 saturated heterocycles. The van der Waals surface area contributed by atoms with Gasteiger partial charge in [-0.2, -0.15) is 0 Å². The van der Waals surface area contributed by atoms with Crippen molar-refractivity contribution in [3.05, 3.63) is 29.8 Å². The van der Waals surface area contributed by atoms with Crippen LogP contribution in [0, 0.1) is 0 Å². The standard InChI is InChI=1S/C13H18O2.2CH4O2/c1-2-3-4-5-12-6-8-13(9-7-12)15-11-10-14;2*2-1-3/h6-10H,2-5,11H2,1H3;2*2-3H,1H2. The first kappa shape index (κ1) is 21.8. The maximum Gasteiger partial charge on any atom is 0.157 e. The number of carbonyl (C=O) groups is 1. The van der Waals surface area contributed by atoms with E-state index in [4.69, 9.17) is 25.2 Å². The molecule has 0 bridgehead atoms. The molecule has 1 aromatic carbocycles. The van der Waals surface area contributed by atoms with Crippen molar-refractivity contribution in [2.75, 3.05) is 20.2 Å². The summed E-state index contributed by atoms with van der Waals surface area (Å²) in [5.74, 6) is 0.765. The van der Waals surface area contributed by atoms with Crippen LogP contribution in [0.4, 0.5) is 0 Å². The Hall–Kier alpha value is -1.47. The van der Waals surface area contributed by atoms with Gasteiger partial charge in [-0.05, 0) is 30.5 Å². The molecule has 0 atom stereocenters. The molecule has 0 fully saturated rings. The second kappa shape index (κ2) is 18.5. The molecule has 1 rings (SSSR count). The number of hydrogen-bond acceptors (Lipinski definition) is 6. The predicted molar refractivity (Wildman–Crippen MR) is 79.8 cm³/mol. The molecule has 0 saturated carbocycles. The van der Waals surface area contributed by atoms with Crippen LogP contribution in [0.2, 0.25) is 0 Å². The summed E-state index contributed by atoms with van der Waals surface area (Å²) in [6, 6.07) is 7.97. The fourth-order valence-corrected chi connectivity index (χ4v) is 1.46. The number of hydrogen-bond donors (Lipinski definition) is 4. The van der Waals surface area contributed by atoms with E-state index in [1.165, 1.54) is 24.8 Å². The highest BCUT2D eigenvalue weighted by Crippen LogP contribution is 2.13. The molecule has 21 heavy (non-hydrogen) atoms. The Morgan fingerprint density at radius 3 is 1.95 bits per heavy atom. The Labute approximate surface area is 125 Å². The van der Waals surface area contributed by atoms with Crippen molar-refractivity contribution in [2.45, 2.75) is 32.6 Å². The zero-order valence-corrected chi connectivity index (χ0v) is 12.4. The number of aldehydes is 1. The van der Waals surface area contributed by atoms with E-state index in [9.17, 15) is 4.79 Å². The Balaban J connectivity index is 0. The molecule has 0 aliphatic rings. The van der Waals surface area contributed by atoms with Crippen LogP contribution in [0.3, 0.4) is 0 Å². The monoisotopic (exact) mass is 302 g/mol. The largest absolute Gasteiger partial charge is 0.486 e. The van der Waals surface area contributed by atoms with Crippen LogP contribution in [0.5, 0.6) is 5.75 Å². The van der Waals surface area contributed by atoms with Gasteiger partial charge in [0, 0.05) is 0 Å². The summed E-state index contributed by atoms with van der Waals surface area (Å²) in [4.78, 5) is 10.1. The van der Waals surface area contributed by atoms with Gasteiger partial charge in [0.15, 0.2) is 6.29 Å². The molecule has 4 N–H and O–H groups in total. The number of ether oxygens (including phenoxy) is 1. The van der Waals surface area contributed by atoms with Gasteiger partial charge in [0.25, 0.3) is 0 Å². The van der Waals surface area contributed by atoms with E-state index < -0.39 is 13.6 Å². The van der Waals surface area contributed by atoms with Crippen LogP contribution >= 0.6 is 0 Å².